The number of aromatic hydroxyl groups is 1. The third-order valence-electron chi connectivity index (χ3n) is 7.29. The van der Waals surface area contributed by atoms with E-state index in [1.807, 2.05) is 30.3 Å². The summed E-state index contributed by atoms with van der Waals surface area (Å²) < 4.78 is 6.48. The molecule has 5 aromatic carbocycles. The first-order valence-electron chi connectivity index (χ1n) is 13.5. The highest BCUT2D eigenvalue weighted by Gasteiger charge is 2.31. The topological polar surface area (TPSA) is 151 Å². The van der Waals surface area contributed by atoms with Crippen LogP contribution in [0, 0.1) is 0 Å². The van der Waals surface area contributed by atoms with Gasteiger partial charge in [0.25, 0.3) is 11.8 Å². The van der Waals surface area contributed by atoms with Crippen LogP contribution in [0.3, 0.4) is 0 Å². The average Bonchev–Trinajstić information content (AvgIpc) is 3.31. The summed E-state index contributed by atoms with van der Waals surface area (Å²) in [5.74, 6) is -2.44. The number of carboxylic acid groups (broad SMARTS) is 1. The van der Waals surface area contributed by atoms with E-state index >= 15 is 0 Å². The van der Waals surface area contributed by atoms with Gasteiger partial charge in [-0.15, -0.1) is 5.06 Å². The highest BCUT2D eigenvalue weighted by Crippen LogP contribution is 2.42. The second-order valence-electron chi connectivity index (χ2n) is 10.2. The number of hydrogen-bond acceptors (Lipinski definition) is 8. The Hall–Kier alpha value is -6.03. The molecule has 1 aliphatic heterocycles. The van der Waals surface area contributed by atoms with E-state index < -0.39 is 23.8 Å². The lowest BCUT2D eigenvalue weighted by molar-refractivity contribution is -0.195. The molecule has 2 amide bonds. The van der Waals surface area contributed by atoms with Crippen molar-refractivity contribution in [3.63, 3.8) is 0 Å². The number of phenols is 1. The van der Waals surface area contributed by atoms with Gasteiger partial charge in [-0.25, -0.2) is 9.59 Å². The Morgan fingerprint density at radius 1 is 0.750 bits per heavy atom. The summed E-state index contributed by atoms with van der Waals surface area (Å²) >= 11 is 0. The van der Waals surface area contributed by atoms with Crippen molar-refractivity contribution >= 4 is 67.2 Å². The van der Waals surface area contributed by atoms with Gasteiger partial charge in [-0.3, -0.25) is 14.4 Å². The van der Waals surface area contributed by atoms with E-state index in [0.29, 0.717) is 21.8 Å². The number of carbonyl (C=O) groups is 4. The van der Waals surface area contributed by atoms with Crippen LogP contribution in [0.4, 0.5) is 0 Å². The van der Waals surface area contributed by atoms with Crippen LogP contribution in [0.5, 0.6) is 5.75 Å². The third-order valence-corrected chi connectivity index (χ3v) is 7.29. The summed E-state index contributed by atoms with van der Waals surface area (Å²) in [5.41, 5.74) is 2.55. The van der Waals surface area contributed by atoms with Crippen molar-refractivity contribution in [2.24, 2.45) is 0 Å². The van der Waals surface area contributed by atoms with Gasteiger partial charge in [-0.1, -0.05) is 30.3 Å². The Morgan fingerprint density at radius 2 is 1.32 bits per heavy atom. The summed E-state index contributed by atoms with van der Waals surface area (Å²) in [6.45, 7) is 1.14. The van der Waals surface area contributed by atoms with Gasteiger partial charge < -0.3 is 19.5 Å². The summed E-state index contributed by atoms with van der Waals surface area (Å²) in [5, 5.41) is 25.0. The van der Waals surface area contributed by atoms with Gasteiger partial charge in [0.15, 0.2) is 5.43 Å². The van der Waals surface area contributed by atoms with Crippen LogP contribution < -0.4 is 5.43 Å². The molecule has 44 heavy (non-hydrogen) atoms. The average molecular weight is 590 g/mol. The van der Waals surface area contributed by atoms with E-state index in [2.05, 4.69) is 4.84 Å². The van der Waals surface area contributed by atoms with Gasteiger partial charge in [0.1, 0.15) is 16.9 Å². The molecule has 6 aromatic rings. The van der Waals surface area contributed by atoms with Crippen molar-refractivity contribution in [1.82, 2.24) is 5.06 Å². The maximum Gasteiger partial charge on any atom is 0.336 e. The van der Waals surface area contributed by atoms with Gasteiger partial charge in [-0.05, 0) is 70.9 Å². The first-order valence-corrected chi connectivity index (χ1v) is 13.5. The first kappa shape index (κ1) is 28.1. The number of phenolic OH excluding ortho intramolecular Hbond substituents is 1. The smallest absolute Gasteiger partial charge is 0.336 e. The van der Waals surface area contributed by atoms with Crippen LogP contribution in [0.15, 0.2) is 94.1 Å². The molecule has 0 bridgehead atoms. The number of aromatic carboxylic acids is 1. The van der Waals surface area contributed by atoms with Gasteiger partial charge in [0.05, 0.1) is 5.56 Å². The maximum absolute atomic E-state index is 12.1. The summed E-state index contributed by atoms with van der Waals surface area (Å²) in [7, 11) is 0. The summed E-state index contributed by atoms with van der Waals surface area (Å²) in [4.78, 5) is 60.2. The summed E-state index contributed by atoms with van der Waals surface area (Å²) in [6, 6.07) is 24.2. The second kappa shape index (κ2) is 11.0. The van der Waals surface area contributed by atoms with Crippen molar-refractivity contribution in [2.45, 2.75) is 19.8 Å². The molecule has 0 unspecified atom stereocenters. The monoisotopic (exact) mass is 589 g/mol. The molecule has 0 spiro atoms. The fourth-order valence-electron chi connectivity index (χ4n) is 5.39. The second-order valence-corrected chi connectivity index (χ2v) is 10.2. The minimum absolute atomic E-state index is 0.0972. The van der Waals surface area contributed by atoms with Crippen LogP contribution >= 0.6 is 0 Å². The Bertz CT molecular complexity index is 2230. The SMILES string of the molecule is CC(=O)ON1C(=O)CCC1=O.O=C(O)c1ccccc1-c1c2ccc3cc(O)ccc3c2oc2c1ccc1cc(=O)ccc12. The molecule has 1 aromatic heterocycles. The quantitative estimate of drug-likeness (QED) is 0.145. The molecule has 0 aliphatic carbocycles. The number of benzene rings is 5. The normalized spacial score (nSPS) is 13.0. The number of rotatable bonds is 3. The van der Waals surface area contributed by atoms with E-state index in [0.717, 1.165) is 44.8 Å². The molecule has 10 nitrogen and oxygen atoms in total. The van der Waals surface area contributed by atoms with Gasteiger partial charge in [0, 0.05) is 46.9 Å². The molecule has 0 atom stereocenters. The number of carboxylic acids is 1. The predicted octanol–water partition coefficient (Wildman–Crippen LogP) is 5.94. The predicted molar refractivity (Wildman–Crippen MR) is 162 cm³/mol. The van der Waals surface area contributed by atoms with Gasteiger partial charge in [-0.2, -0.15) is 0 Å². The third kappa shape index (κ3) is 4.98. The molecular weight excluding hydrogens is 566 g/mol. The number of carbonyl (C=O) groups excluding carboxylic acids is 3. The van der Waals surface area contributed by atoms with E-state index in [-0.39, 0.29) is 29.6 Å². The lowest BCUT2D eigenvalue weighted by Crippen LogP contribution is -2.30. The molecule has 2 N–H and O–H groups in total. The highest BCUT2D eigenvalue weighted by atomic mass is 16.7. The molecule has 1 aliphatic rings. The van der Waals surface area contributed by atoms with Crippen LogP contribution in [0.1, 0.15) is 30.1 Å². The van der Waals surface area contributed by atoms with Crippen molar-refractivity contribution in [1.29, 1.82) is 0 Å². The van der Waals surface area contributed by atoms with E-state index in [1.165, 1.54) is 6.07 Å². The molecule has 1 fully saturated rings. The maximum atomic E-state index is 12.1. The van der Waals surface area contributed by atoms with Crippen LogP contribution in [0.2, 0.25) is 0 Å². The zero-order valence-corrected chi connectivity index (χ0v) is 23.2. The number of nitrogens with zero attached hydrogens (tertiary/aromatic N) is 1. The van der Waals surface area contributed by atoms with E-state index in [9.17, 15) is 34.2 Å². The number of hydroxylamine groups is 2. The van der Waals surface area contributed by atoms with Crippen molar-refractivity contribution in [3.8, 4) is 16.9 Å². The van der Waals surface area contributed by atoms with Crippen molar-refractivity contribution < 1.29 is 38.6 Å². The zero-order chi connectivity index (χ0) is 31.1. The fraction of sp³-hybridized carbons (Fsp3) is 0.0882. The summed E-state index contributed by atoms with van der Waals surface area (Å²) in [6.07, 6.45) is 0.262. The van der Waals surface area contributed by atoms with Crippen LogP contribution in [-0.2, 0) is 19.2 Å². The Morgan fingerprint density at radius 3 is 1.93 bits per heavy atom. The Labute approximate surface area is 248 Å². The van der Waals surface area contributed by atoms with Crippen molar-refractivity contribution in [3.05, 3.63) is 101 Å². The lowest BCUT2D eigenvalue weighted by Gasteiger charge is -2.16. The minimum atomic E-state index is -1.02. The standard InChI is InChI=1S/C28H16O5.C6H7NO4/c29-17-7-11-19-15(13-17)5-9-23-25(21-3-1-2-4-22(21)28(31)32)24-10-6-16-14-18(30)8-12-20(16)27(24)33-26(19)23;1-4(8)11-7-5(9)2-3-6(7)10/h1-14,29H,(H,31,32);2-3H2,1H3. The number of fused-ring (bicyclic) bond motifs is 6. The molecule has 1 saturated heterocycles. The molecule has 0 radical (unpaired) electrons. The first-order chi connectivity index (χ1) is 21.1. The van der Waals surface area contributed by atoms with E-state index in [1.54, 1.807) is 48.5 Å². The molecule has 0 saturated carbocycles. The Balaban J connectivity index is 0.000000265. The largest absolute Gasteiger partial charge is 0.508 e. The molecule has 218 valence electrons. The van der Waals surface area contributed by atoms with E-state index in [4.69, 9.17) is 4.42 Å². The molecule has 2 heterocycles. The highest BCUT2D eigenvalue weighted by molar-refractivity contribution is 6.20. The fourth-order valence-corrected chi connectivity index (χ4v) is 5.39. The minimum Gasteiger partial charge on any atom is -0.508 e. The number of hydrogen-bond donors (Lipinski definition) is 2. The van der Waals surface area contributed by atoms with Crippen LogP contribution in [-0.4, -0.2) is 39.0 Å². The number of imide groups is 1. The molecule has 7 rings (SSSR count). The molecule has 10 heteroatoms. The van der Waals surface area contributed by atoms with Crippen LogP contribution in [0.25, 0.3) is 54.6 Å². The van der Waals surface area contributed by atoms with Crippen molar-refractivity contribution in [2.75, 3.05) is 0 Å². The Kier molecular flexibility index (Phi) is 7.02. The van der Waals surface area contributed by atoms with Gasteiger partial charge >= 0.3 is 11.9 Å². The van der Waals surface area contributed by atoms with Gasteiger partial charge in [0.2, 0.25) is 0 Å². The number of amides is 2. The molecular formula is C34H23NO9. The lowest BCUT2D eigenvalue weighted by atomic mass is 9.91. The zero-order valence-electron chi connectivity index (χ0n) is 23.2.